The van der Waals surface area contributed by atoms with E-state index in [4.69, 9.17) is 4.74 Å². The van der Waals surface area contributed by atoms with Crippen LogP contribution >= 0.6 is 0 Å². The Kier molecular flexibility index (Phi) is 2.17. The molecule has 0 heterocycles. The van der Waals surface area contributed by atoms with Crippen molar-refractivity contribution < 1.29 is 9.53 Å². The summed E-state index contributed by atoms with van der Waals surface area (Å²) < 4.78 is 5.17. The lowest BCUT2D eigenvalue weighted by molar-refractivity contribution is -0.154. The summed E-state index contributed by atoms with van der Waals surface area (Å²) in [6.45, 7) is 6.54. The van der Waals surface area contributed by atoms with E-state index in [9.17, 15) is 4.79 Å². The van der Waals surface area contributed by atoms with E-state index in [0.29, 0.717) is 12.5 Å². The second-order valence-electron chi connectivity index (χ2n) is 4.96. The molecule has 78 valence electrons. The van der Waals surface area contributed by atoms with E-state index in [1.165, 1.54) is 25.3 Å². The molecule has 3 atom stereocenters. The molecule has 3 aliphatic carbocycles. The molecule has 2 heteroatoms. The molecule has 0 saturated heterocycles. The first-order valence-corrected chi connectivity index (χ1v) is 5.34. The van der Waals surface area contributed by atoms with Crippen molar-refractivity contribution in [2.24, 2.45) is 17.3 Å². The van der Waals surface area contributed by atoms with Gasteiger partial charge in [-0.05, 0) is 31.6 Å². The van der Waals surface area contributed by atoms with Crippen LogP contribution in [0.5, 0.6) is 0 Å². The summed E-state index contributed by atoms with van der Waals surface area (Å²) in [5, 5.41) is 0. The molecule has 0 spiro atoms. The minimum Gasteiger partial charge on any atom is -0.465 e. The highest BCUT2D eigenvalue weighted by molar-refractivity contribution is 5.66. The Morgan fingerprint density at radius 3 is 2.93 bits per heavy atom. The van der Waals surface area contributed by atoms with Gasteiger partial charge in [-0.15, -0.1) is 0 Å². The number of carbonyl (C=O) groups excluding carboxylic acids is 1. The fourth-order valence-electron chi connectivity index (χ4n) is 2.96. The summed E-state index contributed by atoms with van der Waals surface area (Å²) in [5.74, 6) is 1.23. The predicted molar refractivity (Wildman–Crippen MR) is 54.7 cm³/mol. The minimum atomic E-state index is -0.155. The SMILES string of the molecule is CC(=O)OCC1(C)C2CC=C(C)C1C2. The number of carbonyl (C=O) groups is 1. The molecule has 2 nitrogen and oxygen atoms in total. The van der Waals surface area contributed by atoms with Crippen molar-refractivity contribution >= 4 is 5.97 Å². The van der Waals surface area contributed by atoms with E-state index in [1.807, 2.05) is 0 Å². The van der Waals surface area contributed by atoms with Gasteiger partial charge in [0.2, 0.25) is 0 Å². The zero-order valence-corrected chi connectivity index (χ0v) is 9.17. The number of hydrogen-bond donors (Lipinski definition) is 0. The van der Waals surface area contributed by atoms with Crippen LogP contribution < -0.4 is 0 Å². The largest absolute Gasteiger partial charge is 0.465 e. The van der Waals surface area contributed by atoms with Crippen molar-refractivity contribution in [3.05, 3.63) is 11.6 Å². The van der Waals surface area contributed by atoms with Gasteiger partial charge in [0.05, 0.1) is 6.61 Å². The van der Waals surface area contributed by atoms with Crippen molar-refractivity contribution in [2.45, 2.75) is 33.6 Å². The lowest BCUT2D eigenvalue weighted by atomic mass is 9.48. The van der Waals surface area contributed by atoms with Crippen molar-refractivity contribution in [2.75, 3.05) is 6.61 Å². The molecule has 0 aromatic heterocycles. The van der Waals surface area contributed by atoms with Crippen LogP contribution in [0.2, 0.25) is 0 Å². The zero-order chi connectivity index (χ0) is 10.3. The van der Waals surface area contributed by atoms with E-state index in [2.05, 4.69) is 19.9 Å². The Morgan fingerprint density at radius 1 is 1.71 bits per heavy atom. The number of hydrogen-bond acceptors (Lipinski definition) is 2. The molecule has 0 aliphatic heterocycles. The second kappa shape index (κ2) is 3.11. The molecule has 1 fully saturated rings. The highest BCUT2D eigenvalue weighted by atomic mass is 16.5. The Bertz CT molecular complexity index is 293. The molecule has 0 aromatic carbocycles. The average Bonchev–Trinajstić information content (AvgIpc) is 2.13. The third-order valence-electron chi connectivity index (χ3n) is 4.11. The van der Waals surface area contributed by atoms with Crippen molar-refractivity contribution in [1.82, 2.24) is 0 Å². The quantitative estimate of drug-likeness (QED) is 0.499. The molecular weight excluding hydrogens is 176 g/mol. The van der Waals surface area contributed by atoms with Crippen LogP contribution in [0, 0.1) is 17.3 Å². The van der Waals surface area contributed by atoms with Crippen LogP contribution in [-0.2, 0) is 9.53 Å². The van der Waals surface area contributed by atoms with Crippen LogP contribution in [-0.4, -0.2) is 12.6 Å². The lowest BCUT2D eigenvalue weighted by Crippen LogP contribution is -2.52. The van der Waals surface area contributed by atoms with Gasteiger partial charge in [0, 0.05) is 12.3 Å². The number of esters is 1. The number of allylic oxidation sites excluding steroid dienone is 2. The summed E-state index contributed by atoms with van der Waals surface area (Å²) in [6.07, 6.45) is 4.80. The fraction of sp³-hybridized carbons (Fsp3) is 0.750. The van der Waals surface area contributed by atoms with E-state index < -0.39 is 0 Å². The van der Waals surface area contributed by atoms with Gasteiger partial charge < -0.3 is 4.74 Å². The van der Waals surface area contributed by atoms with E-state index >= 15 is 0 Å². The van der Waals surface area contributed by atoms with Gasteiger partial charge in [0.1, 0.15) is 0 Å². The molecule has 2 bridgehead atoms. The Balaban J connectivity index is 2.04. The third kappa shape index (κ3) is 1.28. The van der Waals surface area contributed by atoms with Gasteiger partial charge in [0.15, 0.2) is 0 Å². The van der Waals surface area contributed by atoms with Gasteiger partial charge in [0.25, 0.3) is 0 Å². The Labute approximate surface area is 85.3 Å². The fourth-order valence-corrected chi connectivity index (χ4v) is 2.96. The Hall–Kier alpha value is -0.790. The smallest absolute Gasteiger partial charge is 0.302 e. The van der Waals surface area contributed by atoms with E-state index in [-0.39, 0.29) is 11.4 Å². The minimum absolute atomic E-state index is 0.155. The summed E-state index contributed by atoms with van der Waals surface area (Å²) in [7, 11) is 0. The standard InChI is InChI=1S/C12H18O2/c1-8-4-5-10-6-11(8)12(10,3)7-14-9(2)13/h4,10-11H,5-7H2,1-3H3. The van der Waals surface area contributed by atoms with Gasteiger partial charge in [-0.2, -0.15) is 0 Å². The summed E-state index contributed by atoms with van der Waals surface area (Å²) >= 11 is 0. The molecule has 0 aromatic rings. The first-order valence-electron chi connectivity index (χ1n) is 5.34. The molecule has 3 rings (SSSR count). The van der Waals surface area contributed by atoms with Crippen LogP contribution in [0.25, 0.3) is 0 Å². The summed E-state index contributed by atoms with van der Waals surface area (Å²) in [6, 6.07) is 0. The topological polar surface area (TPSA) is 26.3 Å². The van der Waals surface area contributed by atoms with Crippen LogP contribution in [0.15, 0.2) is 11.6 Å². The molecule has 0 amide bonds. The molecular formula is C12H18O2. The Morgan fingerprint density at radius 2 is 2.43 bits per heavy atom. The molecule has 14 heavy (non-hydrogen) atoms. The third-order valence-corrected chi connectivity index (χ3v) is 4.11. The molecule has 0 radical (unpaired) electrons. The first kappa shape index (κ1) is 9.75. The maximum Gasteiger partial charge on any atom is 0.302 e. The average molecular weight is 194 g/mol. The monoisotopic (exact) mass is 194 g/mol. The highest BCUT2D eigenvalue weighted by Crippen LogP contribution is 2.59. The summed E-state index contributed by atoms with van der Waals surface area (Å²) in [5.41, 5.74) is 1.71. The predicted octanol–water partition coefficient (Wildman–Crippen LogP) is 2.54. The van der Waals surface area contributed by atoms with Crippen LogP contribution in [0.4, 0.5) is 0 Å². The van der Waals surface area contributed by atoms with Crippen molar-refractivity contribution in [1.29, 1.82) is 0 Å². The first-order chi connectivity index (χ1) is 6.54. The maximum absolute atomic E-state index is 10.8. The van der Waals surface area contributed by atoms with Crippen molar-refractivity contribution in [3.8, 4) is 0 Å². The highest BCUT2D eigenvalue weighted by Gasteiger charge is 2.54. The molecule has 1 saturated carbocycles. The van der Waals surface area contributed by atoms with E-state index in [0.717, 1.165) is 5.92 Å². The zero-order valence-electron chi connectivity index (χ0n) is 9.17. The number of rotatable bonds is 2. The van der Waals surface area contributed by atoms with Gasteiger partial charge >= 0.3 is 5.97 Å². The second-order valence-corrected chi connectivity index (χ2v) is 4.96. The van der Waals surface area contributed by atoms with Gasteiger partial charge in [-0.25, -0.2) is 0 Å². The molecule has 3 unspecified atom stereocenters. The number of fused-ring (bicyclic) bond motifs is 1. The normalized spacial score (nSPS) is 39.8. The summed E-state index contributed by atoms with van der Waals surface area (Å²) in [4.78, 5) is 10.8. The van der Waals surface area contributed by atoms with Gasteiger partial charge in [-0.1, -0.05) is 18.6 Å². The van der Waals surface area contributed by atoms with Crippen LogP contribution in [0.1, 0.15) is 33.6 Å². The number of ether oxygens (including phenoxy) is 1. The lowest BCUT2D eigenvalue weighted by Gasteiger charge is -2.57. The van der Waals surface area contributed by atoms with Gasteiger partial charge in [-0.3, -0.25) is 4.79 Å². The maximum atomic E-state index is 10.8. The van der Waals surface area contributed by atoms with Crippen LogP contribution in [0.3, 0.4) is 0 Å². The molecule has 0 N–H and O–H groups in total. The molecule has 3 aliphatic rings. The van der Waals surface area contributed by atoms with Crippen molar-refractivity contribution in [3.63, 3.8) is 0 Å². The van der Waals surface area contributed by atoms with E-state index in [1.54, 1.807) is 0 Å².